The SMILES string of the molecule is COc1ccc(CCOC(=O)[C@@H](CNC(=O)C(F)(F)F)[C@@H](C)O)cc1. The van der Waals surface area contributed by atoms with Crippen LogP contribution in [0.5, 0.6) is 5.75 Å². The van der Waals surface area contributed by atoms with Crippen molar-refractivity contribution < 1.29 is 37.3 Å². The van der Waals surface area contributed by atoms with Gasteiger partial charge >= 0.3 is 18.1 Å². The summed E-state index contributed by atoms with van der Waals surface area (Å²) in [4.78, 5) is 22.7. The summed E-state index contributed by atoms with van der Waals surface area (Å²) in [5.41, 5.74) is 0.868. The summed E-state index contributed by atoms with van der Waals surface area (Å²) in [6.07, 6.45) is -5.94. The van der Waals surface area contributed by atoms with Gasteiger partial charge in [0.1, 0.15) is 5.75 Å². The smallest absolute Gasteiger partial charge is 0.471 e. The van der Waals surface area contributed by atoms with Crippen LogP contribution >= 0.6 is 0 Å². The van der Waals surface area contributed by atoms with Gasteiger partial charge in [0.05, 0.1) is 25.7 Å². The number of carbonyl (C=O) groups excluding carboxylic acids is 2. The molecule has 0 heterocycles. The number of hydrogen-bond acceptors (Lipinski definition) is 5. The van der Waals surface area contributed by atoms with E-state index in [9.17, 15) is 27.9 Å². The van der Waals surface area contributed by atoms with Crippen molar-refractivity contribution >= 4 is 11.9 Å². The van der Waals surface area contributed by atoms with Crippen molar-refractivity contribution in [2.24, 2.45) is 5.92 Å². The number of ether oxygens (including phenoxy) is 2. The second-order valence-corrected chi connectivity index (χ2v) is 5.32. The molecule has 6 nitrogen and oxygen atoms in total. The highest BCUT2D eigenvalue weighted by Gasteiger charge is 2.39. The van der Waals surface area contributed by atoms with Crippen LogP contribution in [0.3, 0.4) is 0 Å². The normalized spacial score (nSPS) is 13.7. The first-order valence-electron chi connectivity index (χ1n) is 7.47. The number of amides is 1. The molecule has 0 aromatic heterocycles. The van der Waals surface area contributed by atoms with E-state index in [1.54, 1.807) is 29.6 Å². The zero-order valence-electron chi connectivity index (χ0n) is 13.8. The van der Waals surface area contributed by atoms with Crippen molar-refractivity contribution in [3.05, 3.63) is 29.8 Å². The van der Waals surface area contributed by atoms with Gasteiger partial charge in [-0.2, -0.15) is 13.2 Å². The molecule has 2 N–H and O–H groups in total. The maximum absolute atomic E-state index is 12.1. The average molecular weight is 363 g/mol. The maximum Gasteiger partial charge on any atom is 0.471 e. The molecule has 9 heteroatoms. The molecule has 2 atom stereocenters. The van der Waals surface area contributed by atoms with E-state index < -0.39 is 36.6 Å². The molecule has 0 radical (unpaired) electrons. The number of methoxy groups -OCH3 is 1. The van der Waals surface area contributed by atoms with E-state index in [1.807, 2.05) is 0 Å². The summed E-state index contributed by atoms with van der Waals surface area (Å²) in [7, 11) is 1.53. The van der Waals surface area contributed by atoms with Crippen LogP contribution in [0, 0.1) is 5.92 Å². The highest BCUT2D eigenvalue weighted by Crippen LogP contribution is 2.15. The number of hydrogen-bond donors (Lipinski definition) is 2. The standard InChI is InChI=1S/C16H20F3NO5/c1-10(21)13(9-20-15(23)16(17,18)19)14(22)25-8-7-11-3-5-12(24-2)6-4-11/h3-6,10,13,21H,7-9H2,1-2H3,(H,20,23)/t10-,13+/m1/s1. The quantitative estimate of drug-likeness (QED) is 0.683. The van der Waals surface area contributed by atoms with E-state index in [4.69, 9.17) is 9.47 Å². The predicted molar refractivity (Wildman–Crippen MR) is 81.9 cm³/mol. The first-order chi connectivity index (χ1) is 11.6. The minimum Gasteiger partial charge on any atom is -0.497 e. The maximum atomic E-state index is 12.1. The fourth-order valence-corrected chi connectivity index (χ4v) is 1.92. The molecule has 0 saturated carbocycles. The Morgan fingerprint density at radius 2 is 1.84 bits per heavy atom. The van der Waals surface area contributed by atoms with Gasteiger partial charge in [-0.25, -0.2) is 0 Å². The molecule has 1 aromatic carbocycles. The van der Waals surface area contributed by atoms with E-state index >= 15 is 0 Å². The Morgan fingerprint density at radius 3 is 2.32 bits per heavy atom. The van der Waals surface area contributed by atoms with Gasteiger partial charge in [-0.3, -0.25) is 9.59 Å². The number of halogens is 3. The average Bonchev–Trinajstić information content (AvgIpc) is 2.54. The van der Waals surface area contributed by atoms with Gasteiger partial charge < -0.3 is 19.9 Å². The minimum absolute atomic E-state index is 0.0123. The minimum atomic E-state index is -5.05. The molecule has 1 aromatic rings. The van der Waals surface area contributed by atoms with Crippen molar-refractivity contribution in [3.8, 4) is 5.75 Å². The third-order valence-electron chi connectivity index (χ3n) is 3.42. The molecule has 140 valence electrons. The monoisotopic (exact) mass is 363 g/mol. The summed E-state index contributed by atoms with van der Waals surface area (Å²) in [5.74, 6) is -3.67. The van der Waals surface area contributed by atoms with E-state index in [0.29, 0.717) is 12.2 Å². The van der Waals surface area contributed by atoms with Gasteiger partial charge in [-0.1, -0.05) is 12.1 Å². The first-order valence-corrected chi connectivity index (χ1v) is 7.47. The largest absolute Gasteiger partial charge is 0.497 e. The number of benzene rings is 1. The molecule has 0 aliphatic rings. The van der Waals surface area contributed by atoms with E-state index in [2.05, 4.69) is 0 Å². The molecule has 0 aliphatic heterocycles. The van der Waals surface area contributed by atoms with Crippen LogP contribution in [0.2, 0.25) is 0 Å². The van der Waals surface area contributed by atoms with Gasteiger partial charge in [-0.05, 0) is 24.6 Å². The van der Waals surface area contributed by atoms with Crippen LogP contribution in [-0.2, 0) is 20.7 Å². The van der Waals surface area contributed by atoms with Crippen molar-refractivity contribution in [3.63, 3.8) is 0 Å². The molecule has 1 rings (SSSR count). The number of carbonyl (C=O) groups is 2. The summed E-state index contributed by atoms with van der Waals surface area (Å²) < 4.78 is 46.4. The molecule has 0 spiro atoms. The fraction of sp³-hybridized carbons (Fsp3) is 0.500. The molecular formula is C16H20F3NO5. The summed E-state index contributed by atoms with van der Waals surface area (Å²) >= 11 is 0. The van der Waals surface area contributed by atoms with Crippen molar-refractivity contribution in [1.82, 2.24) is 5.32 Å². The van der Waals surface area contributed by atoms with Gasteiger partial charge in [0.2, 0.25) is 0 Å². The topological polar surface area (TPSA) is 84.9 Å². The Labute approximate surface area is 142 Å². The summed E-state index contributed by atoms with van der Waals surface area (Å²) in [6.45, 7) is 0.550. The molecule has 0 aliphatic carbocycles. The van der Waals surface area contributed by atoms with Gasteiger partial charge in [0.15, 0.2) is 0 Å². The lowest BCUT2D eigenvalue weighted by Crippen LogP contribution is -2.44. The number of alkyl halides is 3. The summed E-state index contributed by atoms with van der Waals surface area (Å²) in [6, 6.07) is 7.04. The number of rotatable bonds is 8. The summed E-state index contributed by atoms with van der Waals surface area (Å²) in [5, 5.41) is 11.1. The molecule has 0 saturated heterocycles. The fourth-order valence-electron chi connectivity index (χ4n) is 1.92. The molecule has 25 heavy (non-hydrogen) atoms. The Balaban J connectivity index is 2.48. The zero-order chi connectivity index (χ0) is 19.0. The van der Waals surface area contributed by atoms with Gasteiger partial charge in [-0.15, -0.1) is 0 Å². The Kier molecular flexibility index (Phi) is 7.69. The van der Waals surface area contributed by atoms with Crippen molar-refractivity contribution in [2.75, 3.05) is 20.3 Å². The van der Waals surface area contributed by atoms with Crippen molar-refractivity contribution in [2.45, 2.75) is 25.6 Å². The van der Waals surface area contributed by atoms with Crippen molar-refractivity contribution in [1.29, 1.82) is 0 Å². The van der Waals surface area contributed by atoms with Crippen LogP contribution < -0.4 is 10.1 Å². The van der Waals surface area contributed by atoms with Crippen LogP contribution in [0.25, 0.3) is 0 Å². The molecule has 1 amide bonds. The molecule has 0 bridgehead atoms. The lowest BCUT2D eigenvalue weighted by atomic mass is 10.0. The second kappa shape index (κ2) is 9.26. The Hall–Kier alpha value is -2.29. The highest BCUT2D eigenvalue weighted by molar-refractivity contribution is 5.82. The predicted octanol–water partition coefficient (Wildman–Crippen LogP) is 1.46. The third kappa shape index (κ3) is 7.00. The molecule has 0 unspecified atom stereocenters. The number of aliphatic hydroxyl groups is 1. The van der Waals surface area contributed by atoms with Crippen LogP contribution in [0.1, 0.15) is 12.5 Å². The van der Waals surface area contributed by atoms with E-state index in [0.717, 1.165) is 5.56 Å². The van der Waals surface area contributed by atoms with Gasteiger partial charge in [0.25, 0.3) is 0 Å². The van der Waals surface area contributed by atoms with Crippen LogP contribution in [0.4, 0.5) is 13.2 Å². The lowest BCUT2D eigenvalue weighted by Gasteiger charge is -2.19. The van der Waals surface area contributed by atoms with Gasteiger partial charge in [0, 0.05) is 13.0 Å². The Morgan fingerprint density at radius 1 is 1.24 bits per heavy atom. The van der Waals surface area contributed by atoms with E-state index in [1.165, 1.54) is 14.0 Å². The zero-order valence-corrected chi connectivity index (χ0v) is 13.8. The third-order valence-corrected chi connectivity index (χ3v) is 3.42. The lowest BCUT2D eigenvalue weighted by molar-refractivity contribution is -0.174. The first kappa shape index (κ1) is 20.8. The number of nitrogens with one attached hydrogen (secondary N) is 1. The highest BCUT2D eigenvalue weighted by atomic mass is 19.4. The molecular weight excluding hydrogens is 343 g/mol. The number of aliphatic hydroxyl groups excluding tert-OH is 1. The van der Waals surface area contributed by atoms with Crippen LogP contribution in [0.15, 0.2) is 24.3 Å². The second-order valence-electron chi connectivity index (χ2n) is 5.32. The van der Waals surface area contributed by atoms with E-state index in [-0.39, 0.29) is 6.61 Å². The number of esters is 1. The Bertz CT molecular complexity index is 572. The van der Waals surface area contributed by atoms with Crippen LogP contribution in [-0.4, -0.2) is 49.5 Å². The molecule has 0 fully saturated rings.